The second kappa shape index (κ2) is 5.64. The minimum absolute atomic E-state index is 0.0583. The Hall–Kier alpha value is -1.88. The third-order valence-electron chi connectivity index (χ3n) is 2.47. The Bertz CT molecular complexity index is 508. The lowest BCUT2D eigenvalue weighted by atomic mass is 10.2. The van der Waals surface area contributed by atoms with Crippen LogP contribution in [0.5, 0.6) is 5.75 Å². The quantitative estimate of drug-likeness (QED) is 0.879. The third-order valence-corrected chi connectivity index (χ3v) is 2.47. The van der Waals surface area contributed by atoms with Crippen molar-refractivity contribution in [2.45, 2.75) is 33.0 Å². The van der Waals surface area contributed by atoms with E-state index in [1.807, 2.05) is 32.0 Å². The Kier molecular flexibility index (Phi) is 3.94. The van der Waals surface area contributed by atoms with E-state index >= 15 is 0 Å². The Morgan fingerprint density at radius 3 is 2.72 bits per heavy atom. The summed E-state index contributed by atoms with van der Waals surface area (Å²) < 4.78 is 11.0. The highest BCUT2D eigenvalue weighted by Gasteiger charge is 2.10. The highest BCUT2D eigenvalue weighted by atomic mass is 16.5. The van der Waals surface area contributed by atoms with Gasteiger partial charge in [-0.1, -0.05) is 32.0 Å². The molecule has 0 radical (unpaired) electrons. The Balaban J connectivity index is 2.02. The monoisotopic (exact) mass is 248 g/mol. The predicted molar refractivity (Wildman–Crippen MR) is 65.1 cm³/mol. The molecule has 1 N–H and O–H groups in total. The van der Waals surface area contributed by atoms with Crippen molar-refractivity contribution in [3.05, 3.63) is 41.6 Å². The van der Waals surface area contributed by atoms with E-state index in [-0.39, 0.29) is 19.1 Å². The van der Waals surface area contributed by atoms with Crippen LogP contribution < -0.4 is 4.74 Å². The summed E-state index contributed by atoms with van der Waals surface area (Å²) in [4.78, 5) is 0. The summed E-state index contributed by atoms with van der Waals surface area (Å²) in [6.07, 6.45) is 0. The summed E-state index contributed by atoms with van der Waals surface area (Å²) in [5.74, 6) is 1.87. The molecule has 96 valence electrons. The van der Waals surface area contributed by atoms with Crippen LogP contribution >= 0.6 is 0 Å². The molecular weight excluding hydrogens is 232 g/mol. The van der Waals surface area contributed by atoms with E-state index in [1.54, 1.807) is 6.07 Å². The molecule has 0 amide bonds. The smallest absolute Gasteiger partial charge is 0.253 e. The molecule has 1 aromatic carbocycles. The Morgan fingerprint density at radius 2 is 2.06 bits per heavy atom. The molecule has 0 aliphatic carbocycles. The van der Waals surface area contributed by atoms with E-state index < -0.39 is 0 Å². The number of hydrogen-bond acceptors (Lipinski definition) is 5. The molecule has 0 bridgehead atoms. The maximum absolute atomic E-state index is 9.16. The van der Waals surface area contributed by atoms with Gasteiger partial charge >= 0.3 is 0 Å². The zero-order chi connectivity index (χ0) is 13.0. The van der Waals surface area contributed by atoms with E-state index in [9.17, 15) is 0 Å². The minimum Gasteiger partial charge on any atom is -0.483 e. The first-order chi connectivity index (χ1) is 8.70. The van der Waals surface area contributed by atoms with E-state index in [0.29, 0.717) is 17.5 Å². The number of aliphatic hydroxyl groups excluding tert-OH is 1. The van der Waals surface area contributed by atoms with Gasteiger partial charge in [-0.2, -0.15) is 0 Å². The fourth-order valence-electron chi connectivity index (χ4n) is 1.47. The summed E-state index contributed by atoms with van der Waals surface area (Å²) in [6.45, 7) is 4.12. The van der Waals surface area contributed by atoms with Crippen LogP contribution in [0.4, 0.5) is 0 Å². The molecule has 0 atom stereocenters. The maximum Gasteiger partial charge on any atom is 0.253 e. The van der Waals surface area contributed by atoms with Crippen molar-refractivity contribution in [3.63, 3.8) is 0 Å². The van der Waals surface area contributed by atoms with Crippen molar-refractivity contribution in [3.8, 4) is 5.75 Å². The standard InChI is InChI=1S/C13H16N2O3/c1-9(2)13-15-14-12(18-13)8-17-11-6-4-3-5-10(11)7-16/h3-6,9,16H,7-8H2,1-2H3. The fourth-order valence-corrected chi connectivity index (χ4v) is 1.47. The van der Waals surface area contributed by atoms with Gasteiger partial charge in [-0.3, -0.25) is 0 Å². The number of para-hydroxylation sites is 1. The van der Waals surface area contributed by atoms with E-state index in [4.69, 9.17) is 14.3 Å². The van der Waals surface area contributed by atoms with Gasteiger partial charge in [-0.25, -0.2) is 0 Å². The first-order valence-corrected chi connectivity index (χ1v) is 5.84. The van der Waals surface area contributed by atoms with E-state index in [1.165, 1.54) is 0 Å². The van der Waals surface area contributed by atoms with Gasteiger partial charge in [0, 0.05) is 11.5 Å². The molecule has 2 aromatic rings. The minimum atomic E-state index is -0.0583. The van der Waals surface area contributed by atoms with Crippen LogP contribution in [-0.2, 0) is 13.2 Å². The van der Waals surface area contributed by atoms with Crippen molar-refractivity contribution in [1.82, 2.24) is 10.2 Å². The number of benzene rings is 1. The van der Waals surface area contributed by atoms with Crippen LogP contribution in [0.25, 0.3) is 0 Å². The van der Waals surface area contributed by atoms with Crippen LogP contribution in [0.3, 0.4) is 0 Å². The number of aromatic nitrogens is 2. The average Bonchev–Trinajstić information content (AvgIpc) is 2.85. The number of nitrogens with zero attached hydrogens (tertiary/aromatic N) is 2. The fraction of sp³-hybridized carbons (Fsp3) is 0.385. The van der Waals surface area contributed by atoms with E-state index in [0.717, 1.165) is 5.56 Å². The van der Waals surface area contributed by atoms with Crippen LogP contribution in [0.2, 0.25) is 0 Å². The van der Waals surface area contributed by atoms with Gasteiger partial charge < -0.3 is 14.3 Å². The lowest BCUT2D eigenvalue weighted by Crippen LogP contribution is -1.98. The number of aliphatic hydroxyl groups is 1. The zero-order valence-electron chi connectivity index (χ0n) is 10.5. The Morgan fingerprint density at radius 1 is 1.28 bits per heavy atom. The number of rotatable bonds is 5. The molecule has 2 rings (SSSR count). The average molecular weight is 248 g/mol. The first-order valence-electron chi connectivity index (χ1n) is 5.84. The molecule has 0 aliphatic rings. The van der Waals surface area contributed by atoms with Gasteiger partial charge in [0.25, 0.3) is 5.89 Å². The summed E-state index contributed by atoms with van der Waals surface area (Å²) in [6, 6.07) is 7.30. The first kappa shape index (κ1) is 12.6. The molecule has 0 fully saturated rings. The maximum atomic E-state index is 9.16. The van der Waals surface area contributed by atoms with Gasteiger partial charge in [0.05, 0.1) is 6.61 Å². The lowest BCUT2D eigenvalue weighted by molar-refractivity contribution is 0.238. The lowest BCUT2D eigenvalue weighted by Gasteiger charge is -2.07. The van der Waals surface area contributed by atoms with Crippen molar-refractivity contribution in [1.29, 1.82) is 0 Å². The molecule has 5 nitrogen and oxygen atoms in total. The zero-order valence-corrected chi connectivity index (χ0v) is 10.5. The van der Waals surface area contributed by atoms with Crippen LogP contribution in [0.1, 0.15) is 37.1 Å². The molecule has 0 spiro atoms. The molecule has 18 heavy (non-hydrogen) atoms. The highest BCUT2D eigenvalue weighted by Crippen LogP contribution is 2.19. The molecule has 0 aliphatic heterocycles. The van der Waals surface area contributed by atoms with Crippen molar-refractivity contribution >= 4 is 0 Å². The largest absolute Gasteiger partial charge is 0.483 e. The summed E-state index contributed by atoms with van der Waals surface area (Å²) in [5, 5.41) is 17.0. The van der Waals surface area contributed by atoms with Gasteiger partial charge in [0.15, 0.2) is 6.61 Å². The molecule has 0 saturated carbocycles. The van der Waals surface area contributed by atoms with Gasteiger partial charge in [-0.05, 0) is 6.07 Å². The molecule has 5 heteroatoms. The second-order valence-corrected chi connectivity index (χ2v) is 4.24. The number of hydrogen-bond donors (Lipinski definition) is 1. The molecular formula is C13H16N2O3. The number of ether oxygens (including phenoxy) is 1. The SMILES string of the molecule is CC(C)c1nnc(COc2ccccc2CO)o1. The molecule has 1 aromatic heterocycles. The van der Waals surface area contributed by atoms with Gasteiger partial charge in [0.2, 0.25) is 5.89 Å². The van der Waals surface area contributed by atoms with Gasteiger partial charge in [-0.15, -0.1) is 10.2 Å². The highest BCUT2D eigenvalue weighted by molar-refractivity contribution is 5.32. The Labute approximate surface area is 105 Å². The van der Waals surface area contributed by atoms with Crippen molar-refractivity contribution < 1.29 is 14.3 Å². The van der Waals surface area contributed by atoms with Crippen LogP contribution in [0, 0.1) is 0 Å². The molecule has 0 saturated heterocycles. The second-order valence-electron chi connectivity index (χ2n) is 4.24. The molecule has 1 heterocycles. The van der Waals surface area contributed by atoms with Crippen LogP contribution in [0.15, 0.2) is 28.7 Å². The molecule has 0 unspecified atom stereocenters. The van der Waals surface area contributed by atoms with Gasteiger partial charge in [0.1, 0.15) is 5.75 Å². The normalized spacial score (nSPS) is 10.9. The van der Waals surface area contributed by atoms with Crippen LogP contribution in [-0.4, -0.2) is 15.3 Å². The topological polar surface area (TPSA) is 68.4 Å². The van der Waals surface area contributed by atoms with Crippen molar-refractivity contribution in [2.75, 3.05) is 0 Å². The predicted octanol–water partition coefficient (Wildman–Crippen LogP) is 2.26. The summed E-state index contributed by atoms with van der Waals surface area (Å²) in [5.41, 5.74) is 0.737. The van der Waals surface area contributed by atoms with Crippen molar-refractivity contribution in [2.24, 2.45) is 0 Å². The van der Waals surface area contributed by atoms with E-state index in [2.05, 4.69) is 10.2 Å². The third kappa shape index (κ3) is 2.87. The summed E-state index contributed by atoms with van der Waals surface area (Å²) in [7, 11) is 0. The summed E-state index contributed by atoms with van der Waals surface area (Å²) >= 11 is 0.